The fourth-order valence-electron chi connectivity index (χ4n) is 2.40. The van der Waals surface area contributed by atoms with E-state index < -0.39 is 0 Å². The van der Waals surface area contributed by atoms with Gasteiger partial charge in [0.25, 0.3) is 0 Å². The fraction of sp³-hybridized carbons (Fsp3) is 0.357. The maximum Gasteiger partial charge on any atom is 0.137 e. The van der Waals surface area contributed by atoms with Crippen molar-refractivity contribution in [3.8, 4) is 11.4 Å². The summed E-state index contributed by atoms with van der Waals surface area (Å²) in [6.07, 6.45) is 5.59. The maximum absolute atomic E-state index is 4.45. The van der Waals surface area contributed by atoms with Crippen molar-refractivity contribution in [1.82, 2.24) is 15.3 Å². The first-order valence-electron chi connectivity index (χ1n) is 6.24. The molecule has 1 atom stereocenters. The van der Waals surface area contributed by atoms with Gasteiger partial charge in [-0.1, -0.05) is 30.3 Å². The number of benzene rings is 1. The van der Waals surface area contributed by atoms with E-state index in [0.29, 0.717) is 6.04 Å². The monoisotopic (exact) mass is 227 g/mol. The summed E-state index contributed by atoms with van der Waals surface area (Å²) >= 11 is 0. The van der Waals surface area contributed by atoms with Gasteiger partial charge in [0, 0.05) is 29.9 Å². The van der Waals surface area contributed by atoms with E-state index in [1.165, 1.54) is 18.5 Å². The van der Waals surface area contributed by atoms with E-state index in [9.17, 15) is 0 Å². The van der Waals surface area contributed by atoms with E-state index in [-0.39, 0.29) is 0 Å². The van der Waals surface area contributed by atoms with Gasteiger partial charge in [0.15, 0.2) is 0 Å². The Kier molecular flexibility index (Phi) is 2.92. The molecule has 1 aliphatic rings. The van der Waals surface area contributed by atoms with Crippen LogP contribution in [0.1, 0.15) is 18.5 Å². The standard InChI is InChI=1S/C14H17N3/c1-2-5-11(6-3-1)14-16-10-13(17-14)9-12-7-4-8-15-12/h1-3,5-6,10,12,15H,4,7-9H2,(H,16,17). The molecule has 3 nitrogen and oxygen atoms in total. The van der Waals surface area contributed by atoms with E-state index >= 15 is 0 Å². The Balaban J connectivity index is 1.74. The van der Waals surface area contributed by atoms with Crippen molar-refractivity contribution in [2.75, 3.05) is 6.54 Å². The molecule has 1 aromatic carbocycles. The molecule has 1 aromatic heterocycles. The number of imidazole rings is 1. The molecule has 0 aliphatic carbocycles. The number of hydrogen-bond donors (Lipinski definition) is 2. The number of nitrogens with one attached hydrogen (secondary N) is 2. The van der Waals surface area contributed by atoms with E-state index in [0.717, 1.165) is 24.4 Å². The van der Waals surface area contributed by atoms with Crippen LogP contribution >= 0.6 is 0 Å². The second kappa shape index (κ2) is 4.72. The second-order valence-electron chi connectivity index (χ2n) is 4.62. The number of rotatable bonds is 3. The lowest BCUT2D eigenvalue weighted by Gasteiger charge is -2.07. The highest BCUT2D eigenvalue weighted by Crippen LogP contribution is 2.17. The third-order valence-electron chi connectivity index (χ3n) is 3.30. The highest BCUT2D eigenvalue weighted by molar-refractivity contribution is 5.54. The van der Waals surface area contributed by atoms with E-state index in [1.807, 2.05) is 24.4 Å². The van der Waals surface area contributed by atoms with Crippen LogP contribution < -0.4 is 5.32 Å². The van der Waals surface area contributed by atoms with Crippen LogP contribution in [0.5, 0.6) is 0 Å². The molecule has 0 amide bonds. The van der Waals surface area contributed by atoms with E-state index in [2.05, 4.69) is 27.4 Å². The third-order valence-corrected chi connectivity index (χ3v) is 3.30. The lowest BCUT2D eigenvalue weighted by molar-refractivity contribution is 0.597. The maximum atomic E-state index is 4.45. The minimum atomic E-state index is 0.624. The zero-order chi connectivity index (χ0) is 11.5. The van der Waals surface area contributed by atoms with Gasteiger partial charge in [-0.2, -0.15) is 0 Å². The molecule has 0 spiro atoms. The van der Waals surface area contributed by atoms with Gasteiger partial charge in [0.2, 0.25) is 0 Å². The van der Waals surface area contributed by atoms with Gasteiger partial charge in [-0.3, -0.25) is 0 Å². The lowest BCUT2D eigenvalue weighted by atomic mass is 10.1. The Morgan fingerprint density at radius 1 is 1.24 bits per heavy atom. The largest absolute Gasteiger partial charge is 0.342 e. The number of H-pyrrole nitrogens is 1. The number of aromatic nitrogens is 2. The molecular formula is C14H17N3. The number of aromatic amines is 1. The van der Waals surface area contributed by atoms with E-state index in [4.69, 9.17) is 0 Å². The average Bonchev–Trinajstić information content (AvgIpc) is 3.02. The Hall–Kier alpha value is -1.61. The van der Waals surface area contributed by atoms with Crippen molar-refractivity contribution >= 4 is 0 Å². The van der Waals surface area contributed by atoms with Crippen molar-refractivity contribution < 1.29 is 0 Å². The van der Waals surface area contributed by atoms with Gasteiger partial charge in [0.1, 0.15) is 5.82 Å². The molecular weight excluding hydrogens is 210 g/mol. The van der Waals surface area contributed by atoms with Gasteiger partial charge in [-0.15, -0.1) is 0 Å². The van der Waals surface area contributed by atoms with Crippen molar-refractivity contribution in [2.24, 2.45) is 0 Å². The molecule has 88 valence electrons. The van der Waals surface area contributed by atoms with Crippen LogP contribution in [0.4, 0.5) is 0 Å². The summed E-state index contributed by atoms with van der Waals surface area (Å²) in [5.41, 5.74) is 2.38. The average molecular weight is 227 g/mol. The molecule has 2 aromatic rings. The molecule has 17 heavy (non-hydrogen) atoms. The van der Waals surface area contributed by atoms with Crippen molar-refractivity contribution in [2.45, 2.75) is 25.3 Å². The molecule has 1 fully saturated rings. The number of hydrogen-bond acceptors (Lipinski definition) is 2. The second-order valence-corrected chi connectivity index (χ2v) is 4.62. The van der Waals surface area contributed by atoms with Crippen LogP contribution in [0.3, 0.4) is 0 Å². The minimum Gasteiger partial charge on any atom is -0.342 e. The summed E-state index contributed by atoms with van der Waals surface area (Å²) in [5, 5.41) is 3.51. The molecule has 2 heterocycles. The molecule has 2 N–H and O–H groups in total. The van der Waals surface area contributed by atoms with Gasteiger partial charge in [-0.05, 0) is 19.4 Å². The van der Waals surface area contributed by atoms with Gasteiger partial charge in [0.05, 0.1) is 0 Å². The SMILES string of the molecule is c1ccc(-c2ncc(CC3CCCN3)[nH]2)cc1. The van der Waals surface area contributed by atoms with Crippen LogP contribution in [-0.4, -0.2) is 22.6 Å². The summed E-state index contributed by atoms with van der Waals surface area (Å²) in [6.45, 7) is 1.16. The van der Waals surface area contributed by atoms with Gasteiger partial charge < -0.3 is 10.3 Å². The minimum absolute atomic E-state index is 0.624. The molecule has 1 saturated heterocycles. The van der Waals surface area contributed by atoms with Crippen LogP contribution in [0.2, 0.25) is 0 Å². The zero-order valence-corrected chi connectivity index (χ0v) is 9.82. The highest BCUT2D eigenvalue weighted by atomic mass is 15.0. The van der Waals surface area contributed by atoms with Crippen LogP contribution in [0, 0.1) is 0 Å². The molecule has 1 aliphatic heterocycles. The van der Waals surface area contributed by atoms with Gasteiger partial charge in [-0.25, -0.2) is 4.98 Å². The normalized spacial score (nSPS) is 19.6. The smallest absolute Gasteiger partial charge is 0.137 e. The Labute approximate surface area is 101 Å². The first-order valence-corrected chi connectivity index (χ1v) is 6.24. The highest BCUT2D eigenvalue weighted by Gasteiger charge is 2.15. The van der Waals surface area contributed by atoms with Crippen molar-refractivity contribution in [3.05, 3.63) is 42.2 Å². The summed E-state index contributed by atoms with van der Waals surface area (Å²) in [4.78, 5) is 7.85. The first-order chi connectivity index (χ1) is 8.42. The van der Waals surface area contributed by atoms with Crippen molar-refractivity contribution in [3.63, 3.8) is 0 Å². The molecule has 0 bridgehead atoms. The Morgan fingerprint density at radius 2 is 2.12 bits per heavy atom. The predicted molar refractivity (Wildman–Crippen MR) is 68.8 cm³/mol. The Morgan fingerprint density at radius 3 is 2.88 bits per heavy atom. The summed E-state index contributed by atoms with van der Waals surface area (Å²) in [5.74, 6) is 0.971. The fourth-order valence-corrected chi connectivity index (χ4v) is 2.40. The summed E-state index contributed by atoms with van der Waals surface area (Å²) < 4.78 is 0. The summed E-state index contributed by atoms with van der Waals surface area (Å²) in [6, 6.07) is 10.9. The molecule has 3 rings (SSSR count). The lowest BCUT2D eigenvalue weighted by Crippen LogP contribution is -2.23. The first kappa shape index (κ1) is 10.5. The topological polar surface area (TPSA) is 40.7 Å². The zero-order valence-electron chi connectivity index (χ0n) is 9.82. The third kappa shape index (κ3) is 2.39. The molecule has 0 saturated carbocycles. The van der Waals surface area contributed by atoms with Gasteiger partial charge >= 0.3 is 0 Å². The van der Waals surface area contributed by atoms with Crippen LogP contribution in [0.25, 0.3) is 11.4 Å². The van der Waals surface area contributed by atoms with Crippen molar-refractivity contribution in [1.29, 1.82) is 0 Å². The van der Waals surface area contributed by atoms with Crippen LogP contribution in [-0.2, 0) is 6.42 Å². The quantitative estimate of drug-likeness (QED) is 0.845. The molecule has 1 unspecified atom stereocenters. The summed E-state index contributed by atoms with van der Waals surface area (Å²) in [7, 11) is 0. The molecule has 0 radical (unpaired) electrons. The van der Waals surface area contributed by atoms with Crippen LogP contribution in [0.15, 0.2) is 36.5 Å². The molecule has 3 heteroatoms. The predicted octanol–water partition coefficient (Wildman–Crippen LogP) is 2.37. The van der Waals surface area contributed by atoms with E-state index in [1.54, 1.807) is 0 Å². The Bertz CT molecular complexity index is 469. The number of nitrogens with zero attached hydrogens (tertiary/aromatic N) is 1.